The van der Waals surface area contributed by atoms with Gasteiger partial charge in [-0.25, -0.2) is 4.98 Å². The number of amides is 1. The Morgan fingerprint density at radius 1 is 1.10 bits per heavy atom. The van der Waals surface area contributed by atoms with Gasteiger partial charge in [-0.05, 0) is 25.5 Å². The Kier molecular flexibility index (Phi) is 4.95. The highest BCUT2D eigenvalue weighted by molar-refractivity contribution is 5.91. The number of aromatic nitrogens is 3. The summed E-state index contributed by atoms with van der Waals surface area (Å²) in [6, 6.07) is 15.2. The Morgan fingerprint density at radius 2 is 1.86 bits per heavy atom. The second kappa shape index (κ2) is 7.71. The average molecular weight is 388 g/mol. The molecule has 2 aromatic carbocycles. The van der Waals surface area contributed by atoms with Crippen molar-refractivity contribution >= 4 is 22.7 Å². The van der Waals surface area contributed by atoms with E-state index in [2.05, 4.69) is 15.5 Å². The fourth-order valence-corrected chi connectivity index (χ4v) is 3.10. The van der Waals surface area contributed by atoms with Crippen molar-refractivity contribution in [1.29, 1.82) is 0 Å². The van der Waals surface area contributed by atoms with Gasteiger partial charge in [-0.15, -0.1) is 0 Å². The molecule has 0 aliphatic carbocycles. The number of carbonyl (C=O) groups is 1. The van der Waals surface area contributed by atoms with E-state index < -0.39 is 0 Å². The normalized spacial score (nSPS) is 11.0. The van der Waals surface area contributed by atoms with Crippen LogP contribution in [0.3, 0.4) is 0 Å². The number of carbonyl (C=O) groups excluding carboxylic acids is 1. The highest BCUT2D eigenvalue weighted by Crippen LogP contribution is 2.24. The molecule has 0 atom stereocenters. The molecule has 7 heteroatoms. The first-order valence-corrected chi connectivity index (χ1v) is 9.30. The molecule has 0 aliphatic heterocycles. The lowest BCUT2D eigenvalue weighted by molar-refractivity contribution is -0.116. The number of hydrogen-bond donors (Lipinski definition) is 1. The minimum Gasteiger partial charge on any atom is -0.335 e. The summed E-state index contributed by atoms with van der Waals surface area (Å²) in [4.78, 5) is 29.5. The van der Waals surface area contributed by atoms with Crippen LogP contribution in [0.5, 0.6) is 0 Å². The molecule has 1 amide bonds. The molecule has 146 valence electrons. The van der Waals surface area contributed by atoms with Crippen LogP contribution in [0.2, 0.25) is 0 Å². The molecule has 2 heterocycles. The highest BCUT2D eigenvalue weighted by atomic mass is 16.5. The van der Waals surface area contributed by atoms with E-state index in [1.165, 1.54) is 10.9 Å². The Balaban J connectivity index is 1.57. The Bertz CT molecular complexity index is 1240. The van der Waals surface area contributed by atoms with Crippen LogP contribution in [0.15, 0.2) is 64.2 Å². The Labute approximate surface area is 167 Å². The van der Waals surface area contributed by atoms with Gasteiger partial charge in [0.05, 0.1) is 0 Å². The van der Waals surface area contributed by atoms with E-state index in [-0.39, 0.29) is 30.1 Å². The van der Waals surface area contributed by atoms with Crippen LogP contribution in [0.1, 0.15) is 17.5 Å². The van der Waals surface area contributed by atoms with Crippen molar-refractivity contribution in [3.63, 3.8) is 0 Å². The molecule has 2 aromatic heterocycles. The van der Waals surface area contributed by atoms with E-state index in [0.717, 1.165) is 22.4 Å². The zero-order chi connectivity index (χ0) is 20.4. The maximum absolute atomic E-state index is 13.0. The fraction of sp³-hybridized carbons (Fsp3) is 0.182. The van der Waals surface area contributed by atoms with Gasteiger partial charge in [0.2, 0.25) is 5.91 Å². The zero-order valence-electron chi connectivity index (χ0n) is 16.2. The van der Waals surface area contributed by atoms with Gasteiger partial charge in [-0.3, -0.25) is 14.2 Å². The predicted octanol–water partition coefficient (Wildman–Crippen LogP) is 3.70. The molecule has 1 N–H and O–H groups in total. The molecular weight excluding hydrogens is 368 g/mol. The molecular formula is C22H20N4O3. The maximum Gasteiger partial charge on any atom is 0.266 e. The van der Waals surface area contributed by atoms with Gasteiger partial charge in [0.25, 0.3) is 11.3 Å². The van der Waals surface area contributed by atoms with Crippen LogP contribution in [0.4, 0.5) is 5.69 Å². The summed E-state index contributed by atoms with van der Waals surface area (Å²) in [5.41, 5.74) is 3.99. The van der Waals surface area contributed by atoms with Gasteiger partial charge in [0.15, 0.2) is 0 Å². The third kappa shape index (κ3) is 3.80. The van der Waals surface area contributed by atoms with Gasteiger partial charge in [-0.1, -0.05) is 53.2 Å². The number of aryl methyl sites for hydroxylation is 3. The number of fused-ring (bicyclic) bond motifs is 1. The third-order valence-electron chi connectivity index (χ3n) is 4.79. The van der Waals surface area contributed by atoms with Crippen LogP contribution in [-0.2, 0) is 11.3 Å². The molecule has 7 nitrogen and oxygen atoms in total. The molecule has 0 saturated carbocycles. The van der Waals surface area contributed by atoms with Gasteiger partial charge in [0.1, 0.15) is 17.4 Å². The van der Waals surface area contributed by atoms with Crippen LogP contribution in [0.25, 0.3) is 22.4 Å². The predicted molar refractivity (Wildman–Crippen MR) is 111 cm³/mol. The van der Waals surface area contributed by atoms with E-state index in [9.17, 15) is 9.59 Å². The second-order valence-corrected chi connectivity index (χ2v) is 6.93. The highest BCUT2D eigenvalue weighted by Gasteiger charge is 2.17. The molecule has 4 rings (SSSR count). The number of hydrogen-bond acceptors (Lipinski definition) is 5. The van der Waals surface area contributed by atoms with Gasteiger partial charge in [0, 0.05) is 24.2 Å². The molecule has 0 spiro atoms. The van der Waals surface area contributed by atoms with E-state index in [1.807, 2.05) is 62.4 Å². The SMILES string of the molecule is Cc1ccc(-c2noc3ncn(CCC(=O)Nc4ccccc4C)c(=O)c23)cc1. The van der Waals surface area contributed by atoms with E-state index in [4.69, 9.17) is 4.52 Å². The number of para-hydroxylation sites is 1. The van der Waals surface area contributed by atoms with Crippen molar-refractivity contribution in [2.45, 2.75) is 26.8 Å². The van der Waals surface area contributed by atoms with Crippen molar-refractivity contribution in [2.24, 2.45) is 0 Å². The van der Waals surface area contributed by atoms with Crippen LogP contribution >= 0.6 is 0 Å². The van der Waals surface area contributed by atoms with Gasteiger partial charge in [-0.2, -0.15) is 0 Å². The summed E-state index contributed by atoms with van der Waals surface area (Å²) < 4.78 is 6.64. The van der Waals surface area contributed by atoms with Gasteiger partial charge >= 0.3 is 0 Å². The summed E-state index contributed by atoms with van der Waals surface area (Å²) >= 11 is 0. The van der Waals surface area contributed by atoms with Crippen LogP contribution in [0, 0.1) is 13.8 Å². The lowest BCUT2D eigenvalue weighted by Gasteiger charge is -2.09. The molecule has 0 unspecified atom stereocenters. The first-order chi connectivity index (χ1) is 14.0. The second-order valence-electron chi connectivity index (χ2n) is 6.93. The van der Waals surface area contributed by atoms with Crippen LogP contribution in [-0.4, -0.2) is 20.6 Å². The summed E-state index contributed by atoms with van der Waals surface area (Å²) in [6.45, 7) is 4.12. The summed E-state index contributed by atoms with van der Waals surface area (Å²) in [6.07, 6.45) is 1.53. The average Bonchev–Trinajstić information content (AvgIpc) is 3.15. The molecule has 0 radical (unpaired) electrons. The van der Waals surface area contributed by atoms with Crippen LogP contribution < -0.4 is 10.9 Å². The number of nitrogens with zero attached hydrogens (tertiary/aromatic N) is 3. The van der Waals surface area contributed by atoms with Crippen molar-refractivity contribution in [1.82, 2.24) is 14.7 Å². The van der Waals surface area contributed by atoms with E-state index in [1.54, 1.807) is 0 Å². The summed E-state index contributed by atoms with van der Waals surface area (Å²) in [7, 11) is 0. The first kappa shape index (κ1) is 18.6. The Hall–Kier alpha value is -3.74. The molecule has 0 fully saturated rings. The van der Waals surface area contributed by atoms with Crippen molar-refractivity contribution in [3.05, 3.63) is 76.3 Å². The minimum atomic E-state index is -0.282. The first-order valence-electron chi connectivity index (χ1n) is 9.30. The molecule has 4 aromatic rings. The third-order valence-corrected chi connectivity index (χ3v) is 4.79. The lowest BCUT2D eigenvalue weighted by Crippen LogP contribution is -2.23. The number of rotatable bonds is 5. The largest absolute Gasteiger partial charge is 0.335 e. The maximum atomic E-state index is 13.0. The standard InChI is InChI=1S/C22H20N4O3/c1-14-7-9-16(10-8-14)20-19-21(29-25-20)23-13-26(22(19)28)12-11-18(27)24-17-6-4-3-5-15(17)2/h3-10,13H,11-12H2,1-2H3,(H,24,27). The zero-order valence-corrected chi connectivity index (χ0v) is 16.2. The lowest BCUT2D eigenvalue weighted by atomic mass is 10.1. The molecule has 29 heavy (non-hydrogen) atoms. The van der Waals surface area contributed by atoms with Crippen molar-refractivity contribution in [3.8, 4) is 11.3 Å². The van der Waals surface area contributed by atoms with Crippen molar-refractivity contribution < 1.29 is 9.32 Å². The van der Waals surface area contributed by atoms with Crippen molar-refractivity contribution in [2.75, 3.05) is 5.32 Å². The molecule has 0 bridgehead atoms. The monoisotopic (exact) mass is 388 g/mol. The van der Waals surface area contributed by atoms with E-state index >= 15 is 0 Å². The quantitative estimate of drug-likeness (QED) is 0.563. The smallest absolute Gasteiger partial charge is 0.266 e. The molecule has 0 aliphatic rings. The number of nitrogens with one attached hydrogen (secondary N) is 1. The number of benzene rings is 2. The minimum absolute atomic E-state index is 0.145. The summed E-state index contributed by atoms with van der Waals surface area (Å²) in [5.74, 6) is -0.171. The van der Waals surface area contributed by atoms with Gasteiger partial charge < -0.3 is 9.84 Å². The topological polar surface area (TPSA) is 90.0 Å². The van der Waals surface area contributed by atoms with E-state index in [0.29, 0.717) is 11.1 Å². The Morgan fingerprint density at radius 3 is 2.62 bits per heavy atom. The summed E-state index contributed by atoms with van der Waals surface area (Å²) in [5, 5.41) is 7.21. The number of anilines is 1. The molecule has 0 saturated heterocycles. The fourth-order valence-electron chi connectivity index (χ4n) is 3.10.